The molecule has 130 valence electrons. The summed E-state index contributed by atoms with van der Waals surface area (Å²) in [4.78, 5) is 26.0. The highest BCUT2D eigenvalue weighted by Crippen LogP contribution is 2.16. The number of nitrogens with zero attached hydrogens (tertiary/aromatic N) is 1. The van der Waals surface area contributed by atoms with E-state index < -0.39 is 5.82 Å². The molecule has 6 heteroatoms. The van der Waals surface area contributed by atoms with Crippen molar-refractivity contribution in [1.29, 1.82) is 0 Å². The van der Waals surface area contributed by atoms with Crippen molar-refractivity contribution >= 4 is 17.6 Å². The number of piperidine rings is 1. The van der Waals surface area contributed by atoms with Crippen LogP contribution >= 0.6 is 0 Å². The van der Waals surface area contributed by atoms with Crippen LogP contribution in [0.3, 0.4) is 0 Å². The molecular weight excluding hydrogens is 321 g/mol. The Morgan fingerprint density at radius 1 is 0.960 bits per heavy atom. The Balaban J connectivity index is 1.49. The molecule has 1 saturated heterocycles. The van der Waals surface area contributed by atoms with Crippen molar-refractivity contribution < 1.29 is 14.0 Å². The third-order valence-corrected chi connectivity index (χ3v) is 4.27. The van der Waals surface area contributed by atoms with Gasteiger partial charge in [0.2, 0.25) is 0 Å². The molecule has 5 nitrogen and oxygen atoms in total. The topological polar surface area (TPSA) is 61.4 Å². The fourth-order valence-corrected chi connectivity index (χ4v) is 2.84. The summed E-state index contributed by atoms with van der Waals surface area (Å²) in [5, 5.41) is 5.58. The van der Waals surface area contributed by atoms with Crippen molar-refractivity contribution in [2.24, 2.45) is 0 Å². The number of benzene rings is 2. The number of likely N-dealkylation sites (tertiary alicyclic amines) is 1. The van der Waals surface area contributed by atoms with E-state index >= 15 is 0 Å². The van der Waals surface area contributed by atoms with Crippen LogP contribution in [-0.2, 0) is 0 Å². The van der Waals surface area contributed by atoms with Crippen LogP contribution < -0.4 is 10.6 Å². The lowest BCUT2D eigenvalue weighted by molar-refractivity contribution is 0.0919. The van der Waals surface area contributed by atoms with Crippen molar-refractivity contribution in [3.8, 4) is 0 Å². The molecule has 2 aromatic carbocycles. The summed E-state index contributed by atoms with van der Waals surface area (Å²) < 4.78 is 13.6. The first kappa shape index (κ1) is 17.0. The first-order valence-corrected chi connectivity index (χ1v) is 8.30. The molecule has 1 aliphatic rings. The Kier molecular flexibility index (Phi) is 5.28. The maximum Gasteiger partial charge on any atom is 0.321 e. The Bertz CT molecular complexity index is 743. The smallest absolute Gasteiger partial charge is 0.321 e. The van der Waals surface area contributed by atoms with E-state index in [1.54, 1.807) is 29.2 Å². The largest absolute Gasteiger partial charge is 0.349 e. The number of nitrogens with one attached hydrogen (secondary N) is 2. The number of carbonyl (C=O) groups is 2. The van der Waals surface area contributed by atoms with Crippen LogP contribution in [0, 0.1) is 5.82 Å². The van der Waals surface area contributed by atoms with E-state index in [4.69, 9.17) is 0 Å². The van der Waals surface area contributed by atoms with Gasteiger partial charge in [0.15, 0.2) is 0 Å². The highest BCUT2D eigenvalue weighted by atomic mass is 19.1. The molecule has 0 aromatic heterocycles. The second kappa shape index (κ2) is 7.79. The second-order valence-corrected chi connectivity index (χ2v) is 6.01. The summed E-state index contributed by atoms with van der Waals surface area (Å²) in [6.07, 6.45) is 1.34. The fourth-order valence-electron chi connectivity index (χ4n) is 2.84. The molecule has 1 aliphatic heterocycles. The molecule has 0 bridgehead atoms. The number of carbonyl (C=O) groups excluding carboxylic acids is 2. The van der Waals surface area contributed by atoms with E-state index in [0.717, 1.165) is 0 Å². The minimum atomic E-state index is -0.458. The van der Waals surface area contributed by atoms with Gasteiger partial charge in [-0.3, -0.25) is 4.79 Å². The lowest BCUT2D eigenvalue weighted by atomic mass is 10.0. The van der Waals surface area contributed by atoms with Crippen molar-refractivity contribution in [2.75, 3.05) is 18.4 Å². The zero-order valence-electron chi connectivity index (χ0n) is 13.7. The number of hydrogen-bond acceptors (Lipinski definition) is 2. The molecule has 3 rings (SSSR count). The third-order valence-electron chi connectivity index (χ3n) is 4.27. The minimum Gasteiger partial charge on any atom is -0.349 e. The van der Waals surface area contributed by atoms with Crippen LogP contribution in [0.25, 0.3) is 0 Å². The number of urea groups is 1. The third kappa shape index (κ3) is 4.35. The van der Waals surface area contributed by atoms with Gasteiger partial charge in [0.1, 0.15) is 5.82 Å². The second-order valence-electron chi connectivity index (χ2n) is 6.01. The van der Waals surface area contributed by atoms with Crippen molar-refractivity contribution in [3.63, 3.8) is 0 Å². The zero-order chi connectivity index (χ0) is 17.6. The lowest BCUT2D eigenvalue weighted by Crippen LogP contribution is -2.47. The fraction of sp³-hybridized carbons (Fsp3) is 0.263. The molecular formula is C19H20FN3O2. The van der Waals surface area contributed by atoms with Crippen molar-refractivity contribution in [1.82, 2.24) is 10.2 Å². The molecule has 0 radical (unpaired) electrons. The van der Waals surface area contributed by atoms with Gasteiger partial charge in [-0.1, -0.05) is 30.3 Å². The predicted molar refractivity (Wildman–Crippen MR) is 93.9 cm³/mol. The van der Waals surface area contributed by atoms with Crippen molar-refractivity contribution in [3.05, 3.63) is 66.0 Å². The standard InChI is InChI=1S/C19H20FN3O2/c20-16-8-4-5-9-17(16)22-19(25)23-12-10-15(11-13-23)21-18(24)14-6-2-1-3-7-14/h1-9,15H,10-13H2,(H,21,24)(H,22,25). The van der Waals surface area contributed by atoms with Crippen LogP contribution in [0.4, 0.5) is 14.9 Å². The van der Waals surface area contributed by atoms with E-state index in [0.29, 0.717) is 31.5 Å². The normalized spacial score (nSPS) is 14.8. The molecule has 2 aromatic rings. The highest BCUT2D eigenvalue weighted by molar-refractivity contribution is 5.94. The maximum atomic E-state index is 13.6. The Morgan fingerprint density at radius 2 is 1.60 bits per heavy atom. The van der Waals surface area contributed by atoms with Gasteiger partial charge in [-0.05, 0) is 37.1 Å². The molecule has 0 spiro atoms. The summed E-state index contributed by atoms with van der Waals surface area (Å²) in [5.41, 5.74) is 0.800. The molecule has 0 atom stereocenters. The Hall–Kier alpha value is -2.89. The summed E-state index contributed by atoms with van der Waals surface area (Å²) >= 11 is 0. The maximum absolute atomic E-state index is 13.6. The molecule has 3 amide bonds. The Morgan fingerprint density at radius 3 is 2.28 bits per heavy atom. The molecule has 1 fully saturated rings. The number of anilines is 1. The number of amides is 3. The summed E-state index contributed by atoms with van der Waals surface area (Å²) in [6, 6.07) is 14.8. The van der Waals surface area contributed by atoms with Gasteiger partial charge in [-0.2, -0.15) is 0 Å². The average molecular weight is 341 g/mol. The number of hydrogen-bond donors (Lipinski definition) is 2. The lowest BCUT2D eigenvalue weighted by Gasteiger charge is -2.32. The predicted octanol–water partition coefficient (Wildman–Crippen LogP) is 3.25. The van der Waals surface area contributed by atoms with E-state index in [1.165, 1.54) is 12.1 Å². The van der Waals surface area contributed by atoms with Gasteiger partial charge < -0.3 is 15.5 Å². The number of para-hydroxylation sites is 1. The van der Waals surface area contributed by atoms with Gasteiger partial charge in [0, 0.05) is 24.7 Å². The molecule has 0 aliphatic carbocycles. The molecule has 0 saturated carbocycles. The highest BCUT2D eigenvalue weighted by Gasteiger charge is 2.24. The molecule has 1 heterocycles. The van der Waals surface area contributed by atoms with E-state index in [2.05, 4.69) is 10.6 Å². The minimum absolute atomic E-state index is 0.0326. The summed E-state index contributed by atoms with van der Waals surface area (Å²) in [6.45, 7) is 1.03. The SMILES string of the molecule is O=C(NC1CCN(C(=O)Nc2ccccc2F)CC1)c1ccccc1. The van der Waals surface area contributed by atoms with Crippen LogP contribution in [0.15, 0.2) is 54.6 Å². The van der Waals surface area contributed by atoms with Crippen LogP contribution in [0.5, 0.6) is 0 Å². The van der Waals surface area contributed by atoms with Gasteiger partial charge >= 0.3 is 6.03 Å². The first-order valence-electron chi connectivity index (χ1n) is 8.30. The van der Waals surface area contributed by atoms with Gasteiger partial charge in [-0.25, -0.2) is 9.18 Å². The van der Waals surface area contributed by atoms with Crippen LogP contribution in [-0.4, -0.2) is 36.0 Å². The van der Waals surface area contributed by atoms with E-state index in [1.807, 2.05) is 18.2 Å². The molecule has 25 heavy (non-hydrogen) atoms. The van der Waals surface area contributed by atoms with Gasteiger partial charge in [-0.15, -0.1) is 0 Å². The van der Waals surface area contributed by atoms with E-state index in [9.17, 15) is 14.0 Å². The van der Waals surface area contributed by atoms with Gasteiger partial charge in [0.25, 0.3) is 5.91 Å². The average Bonchev–Trinajstić information content (AvgIpc) is 2.65. The Labute approximate surface area is 145 Å². The van der Waals surface area contributed by atoms with Crippen LogP contribution in [0.1, 0.15) is 23.2 Å². The monoisotopic (exact) mass is 341 g/mol. The van der Waals surface area contributed by atoms with Gasteiger partial charge in [0.05, 0.1) is 5.69 Å². The van der Waals surface area contributed by atoms with Crippen LogP contribution in [0.2, 0.25) is 0 Å². The quantitative estimate of drug-likeness (QED) is 0.900. The number of rotatable bonds is 3. The van der Waals surface area contributed by atoms with Crippen molar-refractivity contribution in [2.45, 2.75) is 18.9 Å². The summed E-state index contributed by atoms with van der Waals surface area (Å²) in [7, 11) is 0. The van der Waals surface area contributed by atoms with E-state index in [-0.39, 0.29) is 23.7 Å². The first-order chi connectivity index (χ1) is 12.1. The zero-order valence-corrected chi connectivity index (χ0v) is 13.7. The number of halogens is 1. The molecule has 0 unspecified atom stereocenters. The molecule has 2 N–H and O–H groups in total. The summed E-state index contributed by atoms with van der Waals surface area (Å²) in [5.74, 6) is -0.560.